The van der Waals surface area contributed by atoms with Crippen LogP contribution in [0.2, 0.25) is 0 Å². The molecule has 0 aliphatic carbocycles. The van der Waals surface area contributed by atoms with Crippen molar-refractivity contribution in [3.05, 3.63) is 59.4 Å². The number of imide groups is 1. The second-order valence-corrected chi connectivity index (χ2v) is 6.26. The molecule has 2 aromatic carbocycles. The van der Waals surface area contributed by atoms with Gasteiger partial charge in [0.05, 0.1) is 11.3 Å². The highest BCUT2D eigenvalue weighted by Crippen LogP contribution is 2.23. The number of benzene rings is 2. The monoisotopic (exact) mass is 384 g/mol. The Labute approximate surface area is 160 Å². The predicted molar refractivity (Wildman–Crippen MR) is 98.2 cm³/mol. The van der Waals surface area contributed by atoms with Gasteiger partial charge in [-0.1, -0.05) is 6.07 Å². The summed E-state index contributed by atoms with van der Waals surface area (Å²) in [5.74, 6) is -2.38. The van der Waals surface area contributed by atoms with Crippen LogP contribution < -0.4 is 10.2 Å². The van der Waals surface area contributed by atoms with Gasteiger partial charge < -0.3 is 10.1 Å². The maximum Gasteiger partial charge on any atom is 0.338 e. The highest BCUT2D eigenvalue weighted by Gasteiger charge is 2.30. The zero-order valence-corrected chi connectivity index (χ0v) is 15.0. The van der Waals surface area contributed by atoms with Crippen molar-refractivity contribution in [2.45, 2.75) is 19.8 Å². The SMILES string of the molecule is Cc1ccc(NC(=O)COC(=O)c2ccc(N3C(=O)CCC3=O)cc2)cc1F. The summed E-state index contributed by atoms with van der Waals surface area (Å²) in [5.41, 5.74) is 1.25. The van der Waals surface area contributed by atoms with E-state index in [4.69, 9.17) is 4.74 Å². The molecule has 0 bridgehead atoms. The number of carbonyl (C=O) groups excluding carboxylic acids is 4. The molecule has 1 aliphatic rings. The van der Waals surface area contributed by atoms with E-state index in [1.807, 2.05) is 0 Å². The van der Waals surface area contributed by atoms with Crippen LogP contribution in [0.15, 0.2) is 42.5 Å². The van der Waals surface area contributed by atoms with Gasteiger partial charge in [-0.15, -0.1) is 0 Å². The average molecular weight is 384 g/mol. The van der Waals surface area contributed by atoms with Gasteiger partial charge in [0.15, 0.2) is 6.61 Å². The molecular weight excluding hydrogens is 367 g/mol. The highest BCUT2D eigenvalue weighted by atomic mass is 19.1. The second kappa shape index (κ2) is 7.99. The lowest BCUT2D eigenvalue weighted by Crippen LogP contribution is -2.28. The van der Waals surface area contributed by atoms with Crippen molar-refractivity contribution in [3.8, 4) is 0 Å². The molecule has 7 nitrogen and oxygen atoms in total. The maximum atomic E-state index is 13.5. The lowest BCUT2D eigenvalue weighted by atomic mass is 10.2. The van der Waals surface area contributed by atoms with E-state index >= 15 is 0 Å². The van der Waals surface area contributed by atoms with Gasteiger partial charge in [-0.05, 0) is 48.9 Å². The summed E-state index contributed by atoms with van der Waals surface area (Å²) < 4.78 is 18.4. The number of esters is 1. The van der Waals surface area contributed by atoms with Gasteiger partial charge in [-0.25, -0.2) is 9.18 Å². The molecule has 0 unspecified atom stereocenters. The van der Waals surface area contributed by atoms with Crippen molar-refractivity contribution in [3.63, 3.8) is 0 Å². The molecule has 1 saturated heterocycles. The largest absolute Gasteiger partial charge is 0.452 e. The minimum Gasteiger partial charge on any atom is -0.452 e. The summed E-state index contributed by atoms with van der Waals surface area (Å²) in [6.07, 6.45) is 0.339. The van der Waals surface area contributed by atoms with E-state index in [1.165, 1.54) is 42.5 Å². The number of halogens is 1. The Kier molecular flexibility index (Phi) is 5.49. The van der Waals surface area contributed by atoms with E-state index in [9.17, 15) is 23.6 Å². The van der Waals surface area contributed by atoms with Crippen LogP contribution in [0.25, 0.3) is 0 Å². The van der Waals surface area contributed by atoms with Crippen molar-refractivity contribution in [2.24, 2.45) is 0 Å². The molecule has 28 heavy (non-hydrogen) atoms. The van der Waals surface area contributed by atoms with E-state index in [0.29, 0.717) is 11.3 Å². The fraction of sp³-hybridized carbons (Fsp3) is 0.200. The molecule has 0 saturated carbocycles. The Morgan fingerprint density at radius 1 is 1.07 bits per heavy atom. The number of amides is 3. The van der Waals surface area contributed by atoms with Gasteiger partial charge in [0, 0.05) is 18.5 Å². The first kappa shape index (κ1) is 19.2. The molecule has 0 radical (unpaired) electrons. The van der Waals surface area contributed by atoms with Crippen molar-refractivity contribution < 1.29 is 28.3 Å². The minimum absolute atomic E-state index is 0.164. The number of nitrogens with one attached hydrogen (secondary N) is 1. The summed E-state index contributed by atoms with van der Waals surface area (Å²) in [6, 6.07) is 9.98. The number of rotatable bonds is 5. The zero-order valence-electron chi connectivity index (χ0n) is 15.0. The summed E-state index contributed by atoms with van der Waals surface area (Å²) in [4.78, 5) is 48.4. The first-order valence-corrected chi connectivity index (χ1v) is 8.54. The van der Waals surface area contributed by atoms with Crippen LogP contribution in [-0.2, 0) is 19.1 Å². The Morgan fingerprint density at radius 2 is 1.71 bits per heavy atom. The van der Waals surface area contributed by atoms with E-state index in [0.717, 1.165) is 4.90 Å². The number of carbonyl (C=O) groups is 4. The van der Waals surface area contributed by atoms with Gasteiger partial charge in [0.25, 0.3) is 5.91 Å². The van der Waals surface area contributed by atoms with Crippen LogP contribution in [0.3, 0.4) is 0 Å². The van der Waals surface area contributed by atoms with Crippen LogP contribution in [0.5, 0.6) is 0 Å². The van der Waals surface area contributed by atoms with Gasteiger partial charge in [0.2, 0.25) is 11.8 Å². The lowest BCUT2D eigenvalue weighted by Gasteiger charge is -2.14. The van der Waals surface area contributed by atoms with Gasteiger partial charge in [-0.2, -0.15) is 0 Å². The number of aryl methyl sites for hydroxylation is 1. The molecule has 144 valence electrons. The summed E-state index contributed by atoms with van der Waals surface area (Å²) in [5, 5.41) is 2.43. The smallest absolute Gasteiger partial charge is 0.338 e. The molecule has 0 atom stereocenters. The van der Waals surface area contributed by atoms with Gasteiger partial charge >= 0.3 is 5.97 Å². The third-order valence-corrected chi connectivity index (χ3v) is 4.20. The first-order chi connectivity index (χ1) is 13.3. The van der Waals surface area contributed by atoms with Crippen LogP contribution in [0.1, 0.15) is 28.8 Å². The summed E-state index contributed by atoms with van der Waals surface area (Å²) in [6.45, 7) is 1.06. The number of anilines is 2. The van der Waals surface area contributed by atoms with E-state index in [2.05, 4.69) is 5.32 Å². The number of hydrogen-bond acceptors (Lipinski definition) is 5. The summed E-state index contributed by atoms with van der Waals surface area (Å²) >= 11 is 0. The van der Waals surface area contributed by atoms with Crippen LogP contribution >= 0.6 is 0 Å². The molecule has 1 aliphatic heterocycles. The standard InChI is InChI=1S/C20H17FN2O5/c1-12-2-5-14(10-16(12)21)22-17(24)11-28-20(27)13-3-6-15(7-4-13)23-18(25)8-9-19(23)26/h2-7,10H,8-9,11H2,1H3,(H,22,24). The Morgan fingerprint density at radius 3 is 2.32 bits per heavy atom. The van der Waals surface area contributed by atoms with E-state index in [1.54, 1.807) is 6.92 Å². The molecular formula is C20H17FN2O5. The lowest BCUT2D eigenvalue weighted by molar-refractivity contribution is -0.121. The van der Waals surface area contributed by atoms with Crippen LogP contribution in [0, 0.1) is 12.7 Å². The van der Waals surface area contributed by atoms with Crippen molar-refractivity contribution in [1.82, 2.24) is 0 Å². The quantitative estimate of drug-likeness (QED) is 0.632. The maximum absolute atomic E-state index is 13.5. The van der Waals surface area contributed by atoms with Crippen molar-refractivity contribution >= 4 is 35.1 Å². The fourth-order valence-electron chi connectivity index (χ4n) is 2.69. The van der Waals surface area contributed by atoms with Gasteiger partial charge in [-0.3, -0.25) is 19.3 Å². The molecule has 1 fully saturated rings. The third kappa shape index (κ3) is 4.22. The van der Waals surface area contributed by atoms with E-state index in [-0.39, 0.29) is 35.9 Å². The Balaban J connectivity index is 1.55. The number of nitrogens with zero attached hydrogens (tertiary/aromatic N) is 1. The van der Waals surface area contributed by atoms with E-state index < -0.39 is 24.3 Å². The number of hydrogen-bond donors (Lipinski definition) is 1. The second-order valence-electron chi connectivity index (χ2n) is 6.26. The zero-order chi connectivity index (χ0) is 20.3. The molecule has 0 spiro atoms. The molecule has 0 aromatic heterocycles. The third-order valence-electron chi connectivity index (χ3n) is 4.20. The molecule has 3 amide bonds. The molecule has 1 heterocycles. The molecule has 8 heteroatoms. The molecule has 3 rings (SSSR count). The average Bonchev–Trinajstić information content (AvgIpc) is 3.01. The van der Waals surface area contributed by atoms with Crippen LogP contribution in [-0.4, -0.2) is 30.3 Å². The summed E-state index contributed by atoms with van der Waals surface area (Å²) in [7, 11) is 0. The highest BCUT2D eigenvalue weighted by molar-refractivity contribution is 6.19. The number of ether oxygens (including phenoxy) is 1. The van der Waals surface area contributed by atoms with Crippen molar-refractivity contribution in [2.75, 3.05) is 16.8 Å². The van der Waals surface area contributed by atoms with Gasteiger partial charge in [0.1, 0.15) is 5.82 Å². The predicted octanol–water partition coefficient (Wildman–Crippen LogP) is 2.58. The van der Waals surface area contributed by atoms with Crippen molar-refractivity contribution in [1.29, 1.82) is 0 Å². The van der Waals surface area contributed by atoms with Crippen LogP contribution in [0.4, 0.5) is 15.8 Å². The Hall–Kier alpha value is -3.55. The fourth-order valence-corrected chi connectivity index (χ4v) is 2.69. The minimum atomic E-state index is -0.740. The molecule has 2 aromatic rings. The normalized spacial score (nSPS) is 13.6. The molecule has 1 N–H and O–H groups in total. The first-order valence-electron chi connectivity index (χ1n) is 8.54. The topological polar surface area (TPSA) is 92.8 Å². The Bertz CT molecular complexity index is 940.